The van der Waals surface area contributed by atoms with Crippen LogP contribution in [-0.2, 0) is 9.59 Å². The third-order valence-corrected chi connectivity index (χ3v) is 2.11. The molecule has 1 fully saturated rings. The molecule has 1 saturated carbocycles. The van der Waals surface area contributed by atoms with Crippen LogP contribution >= 0.6 is 0 Å². The summed E-state index contributed by atoms with van der Waals surface area (Å²) in [4.78, 5) is 20.6. The lowest BCUT2D eigenvalue weighted by molar-refractivity contribution is -0.140. The zero-order valence-corrected chi connectivity index (χ0v) is 6.43. The molecule has 0 bridgehead atoms. The minimum atomic E-state index is -1.06. The van der Waals surface area contributed by atoms with Crippen molar-refractivity contribution < 1.29 is 19.8 Å². The van der Waals surface area contributed by atoms with Crippen molar-refractivity contribution in [2.24, 2.45) is 17.6 Å². The average molecular weight is 173 g/mol. The van der Waals surface area contributed by atoms with Crippen LogP contribution in [0.5, 0.6) is 0 Å². The lowest BCUT2D eigenvalue weighted by Gasteiger charge is -2.03. The lowest BCUT2D eigenvalue weighted by atomic mass is 10.1. The largest absolute Gasteiger partial charge is 0.481 e. The van der Waals surface area contributed by atoms with E-state index in [1.807, 2.05) is 0 Å². The molecule has 1 rings (SSSR count). The van der Waals surface area contributed by atoms with Gasteiger partial charge in [-0.2, -0.15) is 0 Å². The predicted molar refractivity (Wildman–Crippen MR) is 39.5 cm³/mol. The molecule has 5 nitrogen and oxygen atoms in total. The van der Waals surface area contributed by atoms with Gasteiger partial charge in [-0.05, 0) is 18.8 Å². The van der Waals surface area contributed by atoms with Gasteiger partial charge in [0.2, 0.25) is 0 Å². The van der Waals surface area contributed by atoms with Gasteiger partial charge in [-0.25, -0.2) is 0 Å². The highest BCUT2D eigenvalue weighted by Gasteiger charge is 2.44. The molecule has 0 heterocycles. The molecule has 12 heavy (non-hydrogen) atoms. The van der Waals surface area contributed by atoms with Crippen LogP contribution in [0.1, 0.15) is 12.8 Å². The molecular weight excluding hydrogens is 162 g/mol. The number of hydrogen-bond acceptors (Lipinski definition) is 3. The van der Waals surface area contributed by atoms with E-state index in [2.05, 4.69) is 0 Å². The molecule has 1 aliphatic rings. The van der Waals surface area contributed by atoms with Gasteiger partial charge in [0.25, 0.3) is 0 Å². The number of carboxylic acids is 2. The average Bonchev–Trinajstić information content (AvgIpc) is 2.67. The number of nitrogens with two attached hydrogens (primary N) is 1. The summed E-state index contributed by atoms with van der Waals surface area (Å²) < 4.78 is 0. The predicted octanol–water partition coefficient (Wildman–Crippen LogP) is -0.491. The van der Waals surface area contributed by atoms with Gasteiger partial charge in [0.15, 0.2) is 0 Å². The number of carboxylic acid groups (broad SMARTS) is 2. The van der Waals surface area contributed by atoms with Crippen LogP contribution in [0.2, 0.25) is 0 Å². The van der Waals surface area contributed by atoms with Gasteiger partial charge in [0, 0.05) is 0 Å². The van der Waals surface area contributed by atoms with Crippen molar-refractivity contribution in [3.05, 3.63) is 0 Å². The topological polar surface area (TPSA) is 101 Å². The molecule has 4 N–H and O–H groups in total. The zero-order valence-electron chi connectivity index (χ0n) is 6.43. The maximum atomic E-state index is 10.3. The van der Waals surface area contributed by atoms with Gasteiger partial charge in [-0.1, -0.05) is 0 Å². The SMILES string of the molecule is NC(C[C@@H]1C[C@@H]1C(=O)O)C(=O)O. The molecule has 3 atom stereocenters. The molecule has 0 aromatic heterocycles. The Balaban J connectivity index is 2.27. The van der Waals surface area contributed by atoms with E-state index in [1.54, 1.807) is 0 Å². The van der Waals surface area contributed by atoms with Gasteiger partial charge >= 0.3 is 11.9 Å². The van der Waals surface area contributed by atoms with Crippen LogP contribution in [0.4, 0.5) is 0 Å². The van der Waals surface area contributed by atoms with Crippen molar-refractivity contribution >= 4 is 11.9 Å². The standard InChI is InChI=1S/C7H11NO4/c8-5(7(11)12)2-3-1-4(3)6(9)10/h3-5H,1-2,8H2,(H,9,10)(H,11,12)/t3-,4-,5?/m0/s1. The highest BCUT2D eigenvalue weighted by atomic mass is 16.4. The van der Waals surface area contributed by atoms with Crippen LogP contribution in [-0.4, -0.2) is 28.2 Å². The molecule has 68 valence electrons. The van der Waals surface area contributed by atoms with E-state index in [4.69, 9.17) is 15.9 Å². The van der Waals surface area contributed by atoms with Gasteiger partial charge in [-0.15, -0.1) is 0 Å². The van der Waals surface area contributed by atoms with Crippen LogP contribution in [0.25, 0.3) is 0 Å². The van der Waals surface area contributed by atoms with E-state index in [0.717, 1.165) is 0 Å². The molecule has 0 saturated heterocycles. The first kappa shape index (κ1) is 8.99. The van der Waals surface area contributed by atoms with Crippen molar-refractivity contribution in [3.63, 3.8) is 0 Å². The van der Waals surface area contributed by atoms with Crippen LogP contribution < -0.4 is 5.73 Å². The Kier molecular flexibility index (Phi) is 2.32. The molecule has 0 aromatic carbocycles. The number of carbonyl (C=O) groups is 2. The van der Waals surface area contributed by atoms with Gasteiger partial charge in [0.1, 0.15) is 6.04 Å². The van der Waals surface area contributed by atoms with Crippen molar-refractivity contribution in [3.8, 4) is 0 Å². The van der Waals surface area contributed by atoms with Gasteiger partial charge in [-0.3, -0.25) is 9.59 Å². The summed E-state index contributed by atoms with van der Waals surface area (Å²) in [7, 11) is 0. The number of rotatable bonds is 4. The second kappa shape index (κ2) is 3.10. The molecule has 0 radical (unpaired) electrons. The van der Waals surface area contributed by atoms with E-state index >= 15 is 0 Å². The van der Waals surface area contributed by atoms with E-state index < -0.39 is 18.0 Å². The summed E-state index contributed by atoms with van der Waals surface area (Å²) in [5.41, 5.74) is 5.23. The summed E-state index contributed by atoms with van der Waals surface area (Å²) in [6.07, 6.45) is 0.836. The molecule has 0 amide bonds. The maximum Gasteiger partial charge on any atom is 0.320 e. The fourth-order valence-electron chi connectivity index (χ4n) is 1.24. The summed E-state index contributed by atoms with van der Waals surface area (Å²) in [5.74, 6) is -2.31. The quantitative estimate of drug-likeness (QED) is 0.532. The minimum Gasteiger partial charge on any atom is -0.481 e. The summed E-state index contributed by atoms with van der Waals surface area (Å²) in [6.45, 7) is 0. The molecule has 0 aromatic rings. The zero-order chi connectivity index (χ0) is 9.30. The Morgan fingerprint density at radius 3 is 2.42 bits per heavy atom. The van der Waals surface area contributed by atoms with Gasteiger partial charge in [0.05, 0.1) is 5.92 Å². The van der Waals surface area contributed by atoms with Crippen molar-refractivity contribution in [1.29, 1.82) is 0 Å². The summed E-state index contributed by atoms with van der Waals surface area (Å²) >= 11 is 0. The maximum absolute atomic E-state index is 10.3. The molecule has 0 aliphatic heterocycles. The lowest BCUT2D eigenvalue weighted by Crippen LogP contribution is -2.30. The van der Waals surface area contributed by atoms with Crippen LogP contribution in [0.3, 0.4) is 0 Å². The highest BCUT2D eigenvalue weighted by Crippen LogP contribution is 2.41. The monoisotopic (exact) mass is 173 g/mol. The second-order valence-corrected chi connectivity index (χ2v) is 3.12. The second-order valence-electron chi connectivity index (χ2n) is 3.12. The van der Waals surface area contributed by atoms with E-state index in [1.165, 1.54) is 0 Å². The minimum absolute atomic E-state index is 0.0337. The molecular formula is C7H11NO4. The number of hydrogen-bond donors (Lipinski definition) is 3. The fourth-order valence-corrected chi connectivity index (χ4v) is 1.24. The first-order valence-electron chi connectivity index (χ1n) is 3.73. The Morgan fingerprint density at radius 1 is 1.50 bits per heavy atom. The molecule has 5 heteroatoms. The first-order valence-corrected chi connectivity index (χ1v) is 3.73. The number of aliphatic carboxylic acids is 2. The molecule has 0 spiro atoms. The molecule has 1 aliphatic carbocycles. The third kappa shape index (κ3) is 1.94. The van der Waals surface area contributed by atoms with Crippen LogP contribution in [0.15, 0.2) is 0 Å². The Morgan fingerprint density at radius 2 is 2.08 bits per heavy atom. The van der Waals surface area contributed by atoms with Crippen molar-refractivity contribution in [1.82, 2.24) is 0 Å². The smallest absolute Gasteiger partial charge is 0.320 e. The first-order chi connectivity index (χ1) is 5.52. The van der Waals surface area contributed by atoms with E-state index in [9.17, 15) is 9.59 Å². The van der Waals surface area contributed by atoms with E-state index in [-0.39, 0.29) is 18.3 Å². The van der Waals surface area contributed by atoms with Crippen molar-refractivity contribution in [2.75, 3.05) is 0 Å². The van der Waals surface area contributed by atoms with Crippen LogP contribution in [0, 0.1) is 11.8 Å². The Labute approximate surface area is 69.2 Å². The fraction of sp³-hybridized carbons (Fsp3) is 0.714. The van der Waals surface area contributed by atoms with Gasteiger partial charge < -0.3 is 15.9 Å². The van der Waals surface area contributed by atoms with Crippen molar-refractivity contribution in [2.45, 2.75) is 18.9 Å². The summed E-state index contributed by atoms with van der Waals surface area (Å²) in [5, 5.41) is 16.9. The normalized spacial score (nSPS) is 29.4. The molecule has 1 unspecified atom stereocenters. The third-order valence-electron chi connectivity index (χ3n) is 2.11. The summed E-state index contributed by atoms with van der Waals surface area (Å²) in [6, 6.07) is -0.917. The highest BCUT2D eigenvalue weighted by molar-refractivity contribution is 5.75. The van der Waals surface area contributed by atoms with E-state index in [0.29, 0.717) is 6.42 Å². The Bertz CT molecular complexity index is 215. The Hall–Kier alpha value is -1.10.